The number of aromatic nitrogens is 2. The maximum atomic E-state index is 12.6. The monoisotopic (exact) mass is 325 g/mol. The van der Waals surface area contributed by atoms with E-state index in [1.807, 2.05) is 30.3 Å². The van der Waals surface area contributed by atoms with Crippen molar-refractivity contribution in [2.24, 2.45) is 0 Å². The number of H-pyrrole nitrogens is 1. The molecule has 4 rings (SSSR count). The molecule has 1 unspecified atom stereocenters. The van der Waals surface area contributed by atoms with Gasteiger partial charge in [-0.3, -0.25) is 14.7 Å². The summed E-state index contributed by atoms with van der Waals surface area (Å²) in [5.74, 6) is -0.360. The lowest BCUT2D eigenvalue weighted by Gasteiger charge is -2.17. The molecule has 1 atom stereocenters. The zero-order chi connectivity index (χ0) is 16.5. The molecule has 1 fully saturated rings. The van der Waals surface area contributed by atoms with Crippen LogP contribution in [0.1, 0.15) is 28.2 Å². The summed E-state index contributed by atoms with van der Waals surface area (Å²) in [7, 11) is 0. The molecular weight excluding hydrogens is 306 g/mol. The molecule has 0 bridgehead atoms. The van der Waals surface area contributed by atoms with E-state index in [0.29, 0.717) is 25.2 Å². The van der Waals surface area contributed by atoms with Gasteiger partial charge in [-0.05, 0) is 18.6 Å². The van der Waals surface area contributed by atoms with Crippen LogP contribution in [-0.4, -0.2) is 41.1 Å². The Balaban J connectivity index is 1.47. The van der Waals surface area contributed by atoms with Crippen molar-refractivity contribution in [2.45, 2.75) is 25.4 Å². The summed E-state index contributed by atoms with van der Waals surface area (Å²) < 4.78 is 0. The van der Waals surface area contributed by atoms with Gasteiger partial charge in [0.25, 0.3) is 5.91 Å². The first kappa shape index (κ1) is 14.9. The highest BCUT2D eigenvalue weighted by Gasteiger charge is 2.34. The number of fused-ring (bicyclic) bond motifs is 1. The Morgan fingerprint density at radius 1 is 1.29 bits per heavy atom. The second-order valence-electron chi connectivity index (χ2n) is 6.10. The Bertz CT molecular complexity index is 771. The average Bonchev–Trinajstić information content (AvgIpc) is 3.20. The average molecular weight is 325 g/mol. The minimum atomic E-state index is -0.499. The van der Waals surface area contributed by atoms with Gasteiger partial charge in [-0.15, -0.1) is 0 Å². The Morgan fingerprint density at radius 2 is 2.12 bits per heavy atom. The van der Waals surface area contributed by atoms with Gasteiger partial charge in [0.05, 0.1) is 0 Å². The molecule has 7 nitrogen and oxygen atoms in total. The summed E-state index contributed by atoms with van der Waals surface area (Å²) in [6, 6.07) is 9.02. The standard InChI is InChI=1S/C17H19N5O2/c23-16(15-12-10-18-8-6-13(12)20-21-15)19-14-7-9-22(17(14)24)11-4-2-1-3-5-11/h1-5,14,18H,6-10H2,(H,19,23)(H,20,21). The molecule has 1 aromatic carbocycles. The van der Waals surface area contributed by atoms with Crippen molar-refractivity contribution in [3.05, 3.63) is 47.3 Å². The van der Waals surface area contributed by atoms with Crippen LogP contribution in [0.3, 0.4) is 0 Å². The summed E-state index contributed by atoms with van der Waals surface area (Å²) in [6.45, 7) is 2.11. The number of nitrogens with one attached hydrogen (secondary N) is 3. The Hall–Kier alpha value is -2.67. The van der Waals surface area contributed by atoms with Gasteiger partial charge in [0, 0.05) is 43.0 Å². The molecule has 2 aliphatic heterocycles. The van der Waals surface area contributed by atoms with E-state index in [0.717, 1.165) is 29.9 Å². The van der Waals surface area contributed by atoms with Crippen molar-refractivity contribution in [2.75, 3.05) is 18.0 Å². The van der Waals surface area contributed by atoms with E-state index in [-0.39, 0.29) is 11.8 Å². The number of rotatable bonds is 3. The van der Waals surface area contributed by atoms with E-state index in [9.17, 15) is 9.59 Å². The van der Waals surface area contributed by atoms with E-state index in [2.05, 4.69) is 20.8 Å². The second kappa shape index (κ2) is 6.09. The number of benzene rings is 1. The molecule has 0 spiro atoms. The summed E-state index contributed by atoms with van der Waals surface area (Å²) in [5, 5.41) is 13.2. The number of carbonyl (C=O) groups excluding carboxylic acids is 2. The Morgan fingerprint density at radius 3 is 2.96 bits per heavy atom. The van der Waals surface area contributed by atoms with E-state index >= 15 is 0 Å². The molecule has 24 heavy (non-hydrogen) atoms. The van der Waals surface area contributed by atoms with E-state index < -0.39 is 6.04 Å². The molecular formula is C17H19N5O2. The van der Waals surface area contributed by atoms with Crippen molar-refractivity contribution in [3.63, 3.8) is 0 Å². The van der Waals surface area contributed by atoms with Crippen LogP contribution in [0.15, 0.2) is 30.3 Å². The van der Waals surface area contributed by atoms with Gasteiger partial charge in [0.15, 0.2) is 5.69 Å². The highest BCUT2D eigenvalue weighted by atomic mass is 16.2. The zero-order valence-electron chi connectivity index (χ0n) is 13.2. The lowest BCUT2D eigenvalue weighted by atomic mass is 10.1. The van der Waals surface area contributed by atoms with Crippen LogP contribution < -0.4 is 15.5 Å². The molecule has 0 radical (unpaired) electrons. The zero-order valence-corrected chi connectivity index (χ0v) is 13.2. The first-order valence-corrected chi connectivity index (χ1v) is 8.18. The van der Waals surface area contributed by atoms with Crippen LogP contribution in [0.2, 0.25) is 0 Å². The van der Waals surface area contributed by atoms with Crippen molar-refractivity contribution >= 4 is 17.5 Å². The van der Waals surface area contributed by atoms with Gasteiger partial charge in [-0.2, -0.15) is 5.10 Å². The fraction of sp³-hybridized carbons (Fsp3) is 0.353. The number of hydrogen-bond acceptors (Lipinski definition) is 4. The van der Waals surface area contributed by atoms with Crippen molar-refractivity contribution in [1.29, 1.82) is 0 Å². The van der Waals surface area contributed by atoms with Gasteiger partial charge >= 0.3 is 0 Å². The van der Waals surface area contributed by atoms with Crippen LogP contribution in [0.5, 0.6) is 0 Å². The first-order chi connectivity index (χ1) is 11.7. The second-order valence-corrected chi connectivity index (χ2v) is 6.10. The third-order valence-corrected chi connectivity index (χ3v) is 4.60. The van der Waals surface area contributed by atoms with Gasteiger partial charge < -0.3 is 15.5 Å². The van der Waals surface area contributed by atoms with Crippen molar-refractivity contribution in [3.8, 4) is 0 Å². The quantitative estimate of drug-likeness (QED) is 0.770. The fourth-order valence-electron chi connectivity index (χ4n) is 3.32. The summed E-state index contributed by atoms with van der Waals surface area (Å²) in [5.41, 5.74) is 3.16. The molecule has 7 heteroatoms. The number of aromatic amines is 1. The fourth-order valence-corrected chi connectivity index (χ4v) is 3.32. The number of anilines is 1. The first-order valence-electron chi connectivity index (χ1n) is 8.18. The molecule has 1 saturated heterocycles. The van der Waals surface area contributed by atoms with E-state index in [1.165, 1.54) is 0 Å². The van der Waals surface area contributed by atoms with Crippen LogP contribution in [-0.2, 0) is 17.8 Å². The third kappa shape index (κ3) is 2.56. The molecule has 124 valence electrons. The SMILES string of the molecule is O=C(NC1CCN(c2ccccc2)C1=O)c1n[nH]c2c1CNCC2. The molecule has 0 aliphatic carbocycles. The smallest absolute Gasteiger partial charge is 0.272 e. The van der Waals surface area contributed by atoms with Crippen molar-refractivity contribution < 1.29 is 9.59 Å². The lowest BCUT2D eigenvalue weighted by molar-refractivity contribution is -0.118. The third-order valence-electron chi connectivity index (χ3n) is 4.60. The van der Waals surface area contributed by atoms with Crippen molar-refractivity contribution in [1.82, 2.24) is 20.8 Å². The molecule has 1 aromatic heterocycles. The Labute approximate surface area is 139 Å². The minimum Gasteiger partial charge on any atom is -0.339 e. The number of nitrogens with zero attached hydrogens (tertiary/aromatic N) is 2. The Kier molecular flexibility index (Phi) is 3.78. The molecule has 2 aromatic rings. The van der Waals surface area contributed by atoms with Gasteiger partial charge in [-0.1, -0.05) is 18.2 Å². The number of para-hydroxylation sites is 1. The predicted octanol–water partition coefficient (Wildman–Crippen LogP) is 0.591. The molecule has 2 amide bonds. The highest BCUT2D eigenvalue weighted by molar-refractivity contribution is 6.03. The van der Waals surface area contributed by atoms with Crippen LogP contribution in [0.25, 0.3) is 0 Å². The van der Waals surface area contributed by atoms with Crippen LogP contribution in [0, 0.1) is 0 Å². The summed E-state index contributed by atoms with van der Waals surface area (Å²) >= 11 is 0. The number of amides is 2. The predicted molar refractivity (Wildman–Crippen MR) is 88.7 cm³/mol. The number of hydrogen-bond donors (Lipinski definition) is 3. The molecule has 3 N–H and O–H groups in total. The summed E-state index contributed by atoms with van der Waals surface area (Å²) in [6.07, 6.45) is 1.43. The molecule has 3 heterocycles. The van der Waals surface area contributed by atoms with Gasteiger partial charge in [-0.25, -0.2) is 0 Å². The maximum absolute atomic E-state index is 12.6. The molecule has 2 aliphatic rings. The topological polar surface area (TPSA) is 90.1 Å². The van der Waals surface area contributed by atoms with Crippen LogP contribution in [0.4, 0.5) is 5.69 Å². The normalized spacial score (nSPS) is 20.1. The van der Waals surface area contributed by atoms with Gasteiger partial charge in [0.2, 0.25) is 5.91 Å². The minimum absolute atomic E-state index is 0.0721. The van der Waals surface area contributed by atoms with Crippen LogP contribution >= 0.6 is 0 Å². The molecule has 0 saturated carbocycles. The largest absolute Gasteiger partial charge is 0.339 e. The maximum Gasteiger partial charge on any atom is 0.272 e. The van der Waals surface area contributed by atoms with E-state index in [1.54, 1.807) is 4.90 Å². The van der Waals surface area contributed by atoms with E-state index in [4.69, 9.17) is 0 Å². The van der Waals surface area contributed by atoms with Gasteiger partial charge in [0.1, 0.15) is 6.04 Å². The number of carbonyl (C=O) groups is 2. The lowest BCUT2D eigenvalue weighted by Crippen LogP contribution is -2.42. The highest BCUT2D eigenvalue weighted by Crippen LogP contribution is 2.22. The summed E-state index contributed by atoms with van der Waals surface area (Å²) in [4.78, 5) is 26.8.